The van der Waals surface area contributed by atoms with E-state index in [4.69, 9.17) is 20.0 Å². The first kappa shape index (κ1) is 21.6. The van der Waals surface area contributed by atoms with Gasteiger partial charge in [0.1, 0.15) is 17.1 Å². The molecule has 0 spiro atoms. The minimum atomic E-state index is 0.476. The summed E-state index contributed by atoms with van der Waals surface area (Å²) in [6.07, 6.45) is 2.77. The van der Waals surface area contributed by atoms with Crippen LogP contribution in [0.1, 0.15) is 30.1 Å². The van der Waals surface area contributed by atoms with Crippen LogP contribution < -0.4 is 10.5 Å². The largest absolute Gasteiger partial charge is 0.384 e. The van der Waals surface area contributed by atoms with Gasteiger partial charge < -0.3 is 19.6 Å². The van der Waals surface area contributed by atoms with Crippen LogP contribution in [-0.4, -0.2) is 40.0 Å². The number of imidazole rings is 1. The van der Waals surface area contributed by atoms with Crippen LogP contribution in [0.4, 0.5) is 5.82 Å². The third-order valence-corrected chi connectivity index (χ3v) is 6.41. The number of hydrogen-bond acceptors (Lipinski definition) is 8. The molecule has 0 radical (unpaired) electrons. The quantitative estimate of drug-likeness (QED) is 0.281. The Morgan fingerprint density at radius 3 is 2.81 bits per heavy atom. The first-order valence-electron chi connectivity index (χ1n) is 10.4. The molecule has 0 saturated heterocycles. The number of benzene rings is 1. The molecular weight excluding hydrogens is 412 g/mol. The Labute approximate surface area is 185 Å². The number of hydrogen-bond donors (Lipinski definition) is 2. The lowest BCUT2D eigenvalue weighted by atomic mass is 10.2. The summed E-state index contributed by atoms with van der Waals surface area (Å²) in [6, 6.07) is 8.09. The van der Waals surface area contributed by atoms with Gasteiger partial charge >= 0.3 is 0 Å². The van der Waals surface area contributed by atoms with Crippen molar-refractivity contribution in [3.05, 3.63) is 41.5 Å². The summed E-state index contributed by atoms with van der Waals surface area (Å²) in [5.74, 6) is 2.31. The Hall–Kier alpha value is -2.62. The van der Waals surface area contributed by atoms with E-state index in [1.165, 1.54) is 0 Å². The number of pyridine rings is 1. The maximum Gasteiger partial charge on any atom is 0.152 e. The van der Waals surface area contributed by atoms with Gasteiger partial charge in [-0.2, -0.15) is 0 Å². The van der Waals surface area contributed by atoms with Gasteiger partial charge in [-0.3, -0.25) is 4.72 Å². The van der Waals surface area contributed by atoms with Crippen LogP contribution in [-0.2, 0) is 17.7 Å². The van der Waals surface area contributed by atoms with Crippen LogP contribution in [0.5, 0.6) is 0 Å². The van der Waals surface area contributed by atoms with E-state index in [1.54, 1.807) is 19.1 Å². The van der Waals surface area contributed by atoms with Gasteiger partial charge in [-0.15, -0.1) is 0 Å². The number of anilines is 1. The highest BCUT2D eigenvalue weighted by Crippen LogP contribution is 2.29. The first-order valence-corrected chi connectivity index (χ1v) is 11.3. The van der Waals surface area contributed by atoms with Gasteiger partial charge in [0, 0.05) is 32.0 Å². The zero-order valence-corrected chi connectivity index (χ0v) is 19.0. The molecule has 0 fully saturated rings. The van der Waals surface area contributed by atoms with Gasteiger partial charge in [-0.25, -0.2) is 9.97 Å². The second-order valence-corrected chi connectivity index (χ2v) is 8.39. The summed E-state index contributed by atoms with van der Waals surface area (Å²) in [5.41, 5.74) is 9.90. The fourth-order valence-electron chi connectivity index (χ4n) is 3.74. The van der Waals surface area contributed by atoms with Crippen molar-refractivity contribution in [1.29, 1.82) is 0 Å². The zero-order valence-electron chi connectivity index (χ0n) is 18.1. The molecule has 8 nitrogen and oxygen atoms in total. The molecule has 1 aromatic carbocycles. The van der Waals surface area contributed by atoms with E-state index in [2.05, 4.69) is 25.5 Å². The summed E-state index contributed by atoms with van der Waals surface area (Å²) in [5, 5.41) is 5.07. The summed E-state index contributed by atoms with van der Waals surface area (Å²) in [7, 11) is 1.71. The number of fused-ring (bicyclic) bond motifs is 3. The van der Waals surface area contributed by atoms with E-state index in [-0.39, 0.29) is 0 Å². The molecule has 0 amide bonds. The lowest BCUT2D eigenvalue weighted by molar-refractivity contribution is 0.199. The highest BCUT2D eigenvalue weighted by molar-refractivity contribution is 7.97. The van der Waals surface area contributed by atoms with Gasteiger partial charge in [0.15, 0.2) is 5.82 Å². The van der Waals surface area contributed by atoms with Crippen molar-refractivity contribution in [3.63, 3.8) is 0 Å². The van der Waals surface area contributed by atoms with Crippen LogP contribution in [0, 0.1) is 13.8 Å². The van der Waals surface area contributed by atoms with Crippen molar-refractivity contribution in [2.45, 2.75) is 44.6 Å². The van der Waals surface area contributed by atoms with E-state index in [0.29, 0.717) is 12.4 Å². The van der Waals surface area contributed by atoms with Crippen molar-refractivity contribution in [3.8, 4) is 0 Å². The summed E-state index contributed by atoms with van der Waals surface area (Å²) in [4.78, 5) is 10.4. The number of nitrogens with zero attached hydrogens (tertiary/aromatic N) is 4. The topological polar surface area (TPSA) is 104 Å². The number of ether oxygens (including phenoxy) is 1. The highest BCUT2D eigenvalue weighted by atomic mass is 32.2. The number of nitrogens with two attached hydrogens (primary N) is 1. The molecule has 164 valence electrons. The third-order valence-electron chi connectivity index (χ3n) is 5.27. The predicted molar refractivity (Wildman–Crippen MR) is 124 cm³/mol. The Balaban J connectivity index is 1.49. The Morgan fingerprint density at radius 2 is 2.03 bits per heavy atom. The summed E-state index contributed by atoms with van der Waals surface area (Å²) in [6.45, 7) is 6.25. The number of para-hydroxylation sites is 1. The lowest BCUT2D eigenvalue weighted by Gasteiger charge is -2.11. The van der Waals surface area contributed by atoms with Gasteiger partial charge in [-0.1, -0.05) is 23.4 Å². The van der Waals surface area contributed by atoms with Crippen molar-refractivity contribution in [1.82, 2.24) is 24.4 Å². The van der Waals surface area contributed by atoms with E-state index in [9.17, 15) is 0 Å². The van der Waals surface area contributed by atoms with E-state index in [0.717, 1.165) is 76.5 Å². The molecule has 4 rings (SSSR count). The minimum Gasteiger partial charge on any atom is -0.384 e. The smallest absolute Gasteiger partial charge is 0.152 e. The number of aryl methyl sites for hydroxylation is 3. The number of unbranched alkanes of at least 4 members (excludes halogenated alkanes) is 1. The molecule has 0 unspecified atom stereocenters. The monoisotopic (exact) mass is 440 g/mol. The second-order valence-electron chi connectivity index (χ2n) is 7.49. The number of nitrogen functional groups attached to an aromatic ring is 1. The standard InChI is InChI=1S/C22H28N6O2S/c1-14-21(15(2)30-27-14)31-24-11-6-7-12-28-18(10-13-29-3)26-19-20(28)16-8-4-5-9-17(16)25-22(19)23/h4-5,8-9,24H,6-7,10-13H2,1-3H3,(H2,23,25). The molecule has 0 aliphatic heterocycles. The van der Waals surface area contributed by atoms with Crippen LogP contribution in [0.25, 0.3) is 21.9 Å². The molecule has 0 aliphatic carbocycles. The fraction of sp³-hybridized carbons (Fsp3) is 0.409. The van der Waals surface area contributed by atoms with Crippen LogP contribution >= 0.6 is 11.9 Å². The average Bonchev–Trinajstić information content (AvgIpc) is 3.29. The van der Waals surface area contributed by atoms with Crippen LogP contribution in [0.15, 0.2) is 33.7 Å². The molecule has 0 saturated carbocycles. The molecule has 0 atom stereocenters. The maximum absolute atomic E-state index is 6.25. The van der Waals surface area contributed by atoms with Crippen molar-refractivity contribution in [2.24, 2.45) is 0 Å². The molecule has 3 N–H and O–H groups in total. The predicted octanol–water partition coefficient (Wildman–Crippen LogP) is 4.04. The maximum atomic E-state index is 6.25. The summed E-state index contributed by atoms with van der Waals surface area (Å²) < 4.78 is 16.2. The van der Waals surface area contributed by atoms with E-state index >= 15 is 0 Å². The van der Waals surface area contributed by atoms with Gasteiger partial charge in [0.2, 0.25) is 0 Å². The Kier molecular flexibility index (Phi) is 6.74. The van der Waals surface area contributed by atoms with Gasteiger partial charge in [0.05, 0.1) is 28.2 Å². The molecule has 3 aromatic heterocycles. The third kappa shape index (κ3) is 4.53. The lowest BCUT2D eigenvalue weighted by Crippen LogP contribution is -2.10. The fourth-order valence-corrected chi connectivity index (χ4v) is 4.50. The average molecular weight is 441 g/mol. The minimum absolute atomic E-state index is 0.476. The molecule has 31 heavy (non-hydrogen) atoms. The number of rotatable bonds is 10. The van der Waals surface area contributed by atoms with Crippen molar-refractivity contribution < 1.29 is 9.26 Å². The van der Waals surface area contributed by atoms with Crippen LogP contribution in [0.2, 0.25) is 0 Å². The van der Waals surface area contributed by atoms with Crippen molar-refractivity contribution in [2.75, 3.05) is 26.0 Å². The molecular formula is C22H28N6O2S. The van der Waals surface area contributed by atoms with E-state index < -0.39 is 0 Å². The molecule has 9 heteroatoms. The summed E-state index contributed by atoms with van der Waals surface area (Å²) >= 11 is 1.58. The highest BCUT2D eigenvalue weighted by Gasteiger charge is 2.17. The normalized spacial score (nSPS) is 11.7. The van der Waals surface area contributed by atoms with Crippen molar-refractivity contribution >= 4 is 39.7 Å². The van der Waals surface area contributed by atoms with Crippen LogP contribution in [0.3, 0.4) is 0 Å². The molecule has 0 aliphatic rings. The number of nitrogens with one attached hydrogen (secondary N) is 1. The first-order chi connectivity index (χ1) is 15.1. The zero-order chi connectivity index (χ0) is 21.8. The Morgan fingerprint density at radius 1 is 1.19 bits per heavy atom. The Bertz CT molecular complexity index is 1170. The molecule has 4 aromatic rings. The molecule has 0 bridgehead atoms. The SMILES string of the molecule is COCCc1nc2c(N)nc3ccccc3c2n1CCCCNSc1c(C)noc1C. The number of methoxy groups -OCH3 is 1. The molecule has 3 heterocycles. The number of aromatic nitrogens is 4. The second kappa shape index (κ2) is 9.67. The van der Waals surface area contributed by atoms with Gasteiger partial charge in [-0.05, 0) is 44.7 Å². The van der Waals surface area contributed by atoms with E-state index in [1.807, 2.05) is 32.0 Å². The van der Waals surface area contributed by atoms with Gasteiger partial charge in [0.25, 0.3) is 0 Å².